The van der Waals surface area contributed by atoms with E-state index in [2.05, 4.69) is 5.32 Å². The molecule has 0 radical (unpaired) electrons. The molecule has 1 aliphatic rings. The molecule has 0 fully saturated rings. The number of carbonyl (C=O) groups excluding carboxylic acids is 1. The first kappa shape index (κ1) is 23.7. The summed E-state index contributed by atoms with van der Waals surface area (Å²) in [4.78, 5) is 22.3. The van der Waals surface area contributed by atoms with Crippen LogP contribution in [-0.2, 0) is 4.79 Å². The van der Waals surface area contributed by atoms with E-state index < -0.39 is 0 Å². The van der Waals surface area contributed by atoms with Crippen LogP contribution in [0.15, 0.2) is 70.6 Å². The van der Waals surface area contributed by atoms with Gasteiger partial charge in [0.1, 0.15) is 11.6 Å². The Morgan fingerprint density at radius 3 is 2.29 bits per heavy atom. The number of aliphatic imine (C=N–C) groups is 2. The van der Waals surface area contributed by atoms with Crippen molar-refractivity contribution in [2.24, 2.45) is 9.98 Å². The van der Waals surface area contributed by atoms with Gasteiger partial charge in [-0.05, 0) is 86.0 Å². The molecule has 34 heavy (non-hydrogen) atoms. The minimum atomic E-state index is -0.293. The Bertz CT molecular complexity index is 1250. The number of aryl methyl sites for hydroxylation is 2. The third-order valence-electron chi connectivity index (χ3n) is 5.41. The van der Waals surface area contributed by atoms with Crippen LogP contribution in [-0.4, -0.2) is 29.0 Å². The van der Waals surface area contributed by atoms with Crippen molar-refractivity contribution in [1.29, 1.82) is 0 Å². The Labute approximate surface area is 203 Å². The van der Waals surface area contributed by atoms with Crippen molar-refractivity contribution >= 4 is 45.5 Å². The van der Waals surface area contributed by atoms with E-state index in [9.17, 15) is 9.18 Å². The van der Waals surface area contributed by atoms with Gasteiger partial charge < -0.3 is 10.1 Å². The van der Waals surface area contributed by atoms with Gasteiger partial charge in [-0.15, -0.1) is 11.8 Å². The molecule has 0 atom stereocenters. The number of rotatable bonds is 6. The molecule has 7 heteroatoms. The van der Waals surface area contributed by atoms with E-state index in [1.807, 2.05) is 57.2 Å². The maximum absolute atomic E-state index is 13.5. The predicted molar refractivity (Wildman–Crippen MR) is 139 cm³/mol. The number of amides is 1. The molecule has 0 bridgehead atoms. The van der Waals surface area contributed by atoms with Crippen LogP contribution >= 0.6 is 11.8 Å². The quantitative estimate of drug-likeness (QED) is 0.428. The summed E-state index contributed by atoms with van der Waals surface area (Å²) in [6, 6.07) is 17.6. The highest BCUT2D eigenvalue weighted by molar-refractivity contribution is 8.14. The molecule has 0 aromatic heterocycles. The zero-order chi connectivity index (χ0) is 24.1. The van der Waals surface area contributed by atoms with Gasteiger partial charge in [0.05, 0.1) is 34.5 Å². The second-order valence-electron chi connectivity index (χ2n) is 7.97. The van der Waals surface area contributed by atoms with E-state index in [-0.39, 0.29) is 17.5 Å². The second-order valence-corrected chi connectivity index (χ2v) is 9.02. The summed E-state index contributed by atoms with van der Waals surface area (Å²) < 4.78 is 18.9. The lowest BCUT2D eigenvalue weighted by molar-refractivity contribution is -0.113. The van der Waals surface area contributed by atoms with Crippen LogP contribution in [0.1, 0.15) is 30.0 Å². The first-order valence-electron chi connectivity index (χ1n) is 11.1. The van der Waals surface area contributed by atoms with Crippen LogP contribution in [0.4, 0.5) is 21.5 Å². The smallest absolute Gasteiger partial charge is 0.234 e. The highest BCUT2D eigenvalue weighted by Gasteiger charge is 2.18. The van der Waals surface area contributed by atoms with Crippen LogP contribution in [0.5, 0.6) is 5.75 Å². The number of hydrogen-bond acceptors (Lipinski definition) is 5. The first-order chi connectivity index (χ1) is 16.4. The fourth-order valence-corrected chi connectivity index (χ4v) is 4.28. The number of halogens is 1. The molecule has 5 nitrogen and oxygen atoms in total. The lowest BCUT2D eigenvalue weighted by Gasteiger charge is -2.09. The van der Waals surface area contributed by atoms with Gasteiger partial charge in [0, 0.05) is 12.1 Å². The summed E-state index contributed by atoms with van der Waals surface area (Å²) in [5.74, 6) is 0.559. The summed E-state index contributed by atoms with van der Waals surface area (Å²) in [7, 11) is 0. The minimum Gasteiger partial charge on any atom is -0.494 e. The van der Waals surface area contributed by atoms with E-state index in [0.717, 1.165) is 44.6 Å². The van der Waals surface area contributed by atoms with Crippen LogP contribution in [0.2, 0.25) is 0 Å². The molecule has 0 saturated carbocycles. The largest absolute Gasteiger partial charge is 0.494 e. The maximum atomic E-state index is 13.5. The molecule has 0 saturated heterocycles. The lowest BCUT2D eigenvalue weighted by atomic mass is 10.1. The SMILES string of the molecule is CCOc1ccc(NC(=O)CSC2=Nc3cc(C)c(C)cc3N=C(c3ccc(F)cc3)C2)cc1. The molecule has 1 aliphatic heterocycles. The average molecular weight is 476 g/mol. The average Bonchev–Trinajstić information content (AvgIpc) is 2.99. The van der Waals surface area contributed by atoms with Crippen molar-refractivity contribution < 1.29 is 13.9 Å². The highest BCUT2D eigenvalue weighted by atomic mass is 32.2. The fraction of sp³-hybridized carbons (Fsp3) is 0.222. The Hall–Kier alpha value is -3.45. The number of ether oxygens (including phenoxy) is 1. The number of hydrogen-bond donors (Lipinski definition) is 1. The zero-order valence-corrected chi connectivity index (χ0v) is 20.2. The molecule has 174 valence electrons. The molecule has 3 aromatic rings. The Morgan fingerprint density at radius 1 is 1.00 bits per heavy atom. The molecule has 0 unspecified atom stereocenters. The van der Waals surface area contributed by atoms with E-state index in [1.54, 1.807) is 12.1 Å². The van der Waals surface area contributed by atoms with Crippen molar-refractivity contribution in [1.82, 2.24) is 0 Å². The number of nitrogens with zero attached hydrogens (tertiary/aromatic N) is 2. The van der Waals surface area contributed by atoms with E-state index in [4.69, 9.17) is 14.7 Å². The fourth-order valence-electron chi connectivity index (χ4n) is 3.51. The van der Waals surface area contributed by atoms with E-state index in [1.165, 1.54) is 23.9 Å². The second kappa shape index (κ2) is 10.7. The monoisotopic (exact) mass is 475 g/mol. The Kier molecular flexibility index (Phi) is 7.43. The van der Waals surface area contributed by atoms with Crippen LogP contribution in [0.3, 0.4) is 0 Å². The number of nitrogens with one attached hydrogen (secondary N) is 1. The molecular formula is C27H26FN3O2S. The normalized spacial score (nSPS) is 12.8. The summed E-state index contributed by atoms with van der Waals surface area (Å²) in [6.45, 7) is 6.60. The van der Waals surface area contributed by atoms with Crippen LogP contribution in [0.25, 0.3) is 0 Å². The van der Waals surface area contributed by atoms with Crippen molar-refractivity contribution in [2.45, 2.75) is 27.2 Å². The zero-order valence-electron chi connectivity index (χ0n) is 19.4. The van der Waals surface area contributed by atoms with Crippen molar-refractivity contribution in [2.75, 3.05) is 17.7 Å². The van der Waals surface area contributed by atoms with Gasteiger partial charge in [0.15, 0.2) is 0 Å². The number of benzene rings is 3. The van der Waals surface area contributed by atoms with E-state index in [0.29, 0.717) is 18.7 Å². The summed E-state index contributed by atoms with van der Waals surface area (Å²) in [5, 5.41) is 3.69. The highest BCUT2D eigenvalue weighted by Crippen LogP contribution is 2.36. The molecule has 0 spiro atoms. The third-order valence-corrected chi connectivity index (χ3v) is 6.38. The van der Waals surface area contributed by atoms with Gasteiger partial charge in [-0.3, -0.25) is 9.79 Å². The number of carbonyl (C=O) groups is 1. The van der Waals surface area contributed by atoms with Gasteiger partial charge in [0.2, 0.25) is 5.91 Å². The Morgan fingerprint density at radius 2 is 1.65 bits per heavy atom. The number of thioether (sulfide) groups is 1. The summed E-state index contributed by atoms with van der Waals surface area (Å²) in [6.07, 6.45) is 0.458. The van der Waals surface area contributed by atoms with Gasteiger partial charge in [0.25, 0.3) is 0 Å². The summed E-state index contributed by atoms with van der Waals surface area (Å²) in [5.41, 5.74) is 6.13. The predicted octanol–water partition coefficient (Wildman–Crippen LogP) is 6.77. The topological polar surface area (TPSA) is 63.0 Å². The third kappa shape index (κ3) is 5.91. The molecule has 1 heterocycles. The van der Waals surface area contributed by atoms with Gasteiger partial charge in [-0.1, -0.05) is 12.1 Å². The molecule has 0 aliphatic carbocycles. The van der Waals surface area contributed by atoms with Crippen LogP contribution < -0.4 is 10.1 Å². The molecule has 3 aromatic carbocycles. The van der Waals surface area contributed by atoms with Crippen LogP contribution in [0, 0.1) is 19.7 Å². The first-order valence-corrected chi connectivity index (χ1v) is 12.1. The minimum absolute atomic E-state index is 0.123. The number of anilines is 1. The molecule has 1 N–H and O–H groups in total. The molecule has 4 rings (SSSR count). The van der Waals surface area contributed by atoms with Gasteiger partial charge in [-0.25, -0.2) is 9.38 Å². The van der Waals surface area contributed by atoms with Crippen molar-refractivity contribution in [3.63, 3.8) is 0 Å². The molecule has 1 amide bonds. The Balaban J connectivity index is 1.52. The maximum Gasteiger partial charge on any atom is 0.234 e. The lowest BCUT2D eigenvalue weighted by Crippen LogP contribution is -2.16. The van der Waals surface area contributed by atoms with Crippen molar-refractivity contribution in [3.05, 3.63) is 83.2 Å². The van der Waals surface area contributed by atoms with Gasteiger partial charge >= 0.3 is 0 Å². The standard InChI is InChI=1S/C27H26FN3O2S/c1-4-33-22-11-9-21(10-12-22)29-26(32)16-34-27-15-23(19-5-7-20(28)8-6-19)30-24-13-17(2)18(3)14-25(24)31-27/h5-14H,4,15-16H2,1-3H3,(H,29,32). The molecular weight excluding hydrogens is 449 g/mol. The van der Waals surface area contributed by atoms with E-state index >= 15 is 0 Å². The van der Waals surface area contributed by atoms with Crippen molar-refractivity contribution in [3.8, 4) is 5.75 Å². The van der Waals surface area contributed by atoms with Gasteiger partial charge in [-0.2, -0.15) is 0 Å². The number of fused-ring (bicyclic) bond motifs is 1. The summed E-state index contributed by atoms with van der Waals surface area (Å²) >= 11 is 1.38.